The molecule has 0 heterocycles. The lowest BCUT2D eigenvalue weighted by Crippen LogP contribution is -2.27. The zero-order valence-corrected chi connectivity index (χ0v) is 10.7. The molecular weight excluding hydrogens is 216 g/mol. The van der Waals surface area contributed by atoms with Crippen LogP contribution in [0.1, 0.15) is 26.3 Å². The number of aryl methyl sites for hydroxylation is 1. The van der Waals surface area contributed by atoms with Crippen molar-refractivity contribution >= 4 is 24.2 Å². The molecule has 92 valence electrons. The van der Waals surface area contributed by atoms with Crippen LogP contribution in [0.2, 0.25) is 0 Å². The average molecular weight is 234 g/mol. The highest BCUT2D eigenvalue weighted by Crippen LogP contribution is 2.22. The Hall–Kier alpha value is -1.84. The molecule has 0 aliphatic rings. The summed E-state index contributed by atoms with van der Waals surface area (Å²) in [5, 5.41) is 2.65. The van der Waals surface area contributed by atoms with E-state index in [1.165, 1.54) is 0 Å². The topological polar surface area (TPSA) is 50.7 Å². The highest BCUT2D eigenvalue weighted by atomic mass is 16.6. The van der Waals surface area contributed by atoms with Crippen molar-refractivity contribution in [1.29, 1.82) is 0 Å². The summed E-state index contributed by atoms with van der Waals surface area (Å²) in [6.07, 6.45) is -0.476. The molecule has 0 unspecified atom stereocenters. The third kappa shape index (κ3) is 4.26. The van der Waals surface area contributed by atoms with Gasteiger partial charge in [0.1, 0.15) is 5.60 Å². The Morgan fingerprint density at radius 2 is 2.06 bits per heavy atom. The fourth-order valence-electron chi connectivity index (χ4n) is 1.28. The third-order valence-electron chi connectivity index (χ3n) is 2.02. The molecule has 4 nitrogen and oxygen atoms in total. The normalized spacial score (nSPS) is 10.8. The summed E-state index contributed by atoms with van der Waals surface area (Å²) in [5.41, 5.74) is 1.90. The number of carbonyl (C=O) groups excluding carboxylic acids is 1. The van der Waals surface area contributed by atoms with Gasteiger partial charge in [0, 0.05) is 5.69 Å². The number of nitrogens with one attached hydrogen (secondary N) is 1. The van der Waals surface area contributed by atoms with Crippen molar-refractivity contribution in [3.8, 4) is 0 Å². The first kappa shape index (κ1) is 13.2. The van der Waals surface area contributed by atoms with E-state index in [0.717, 1.165) is 11.3 Å². The van der Waals surface area contributed by atoms with E-state index in [0.29, 0.717) is 5.69 Å². The van der Waals surface area contributed by atoms with E-state index in [1.807, 2.05) is 33.8 Å². The predicted octanol–water partition coefficient (Wildman–Crippen LogP) is 3.67. The van der Waals surface area contributed by atoms with Crippen molar-refractivity contribution in [2.75, 3.05) is 5.32 Å². The number of rotatable bonds is 2. The summed E-state index contributed by atoms with van der Waals surface area (Å²) in [7, 11) is 0. The van der Waals surface area contributed by atoms with Crippen LogP contribution < -0.4 is 5.32 Å². The first-order chi connectivity index (χ1) is 7.81. The molecule has 1 rings (SSSR count). The number of hydrogen-bond donors (Lipinski definition) is 1. The van der Waals surface area contributed by atoms with Crippen LogP contribution in [0.5, 0.6) is 0 Å². The van der Waals surface area contributed by atoms with Gasteiger partial charge in [-0.3, -0.25) is 10.3 Å². The molecule has 0 atom stereocenters. The van der Waals surface area contributed by atoms with Crippen LogP contribution in [0, 0.1) is 6.92 Å². The van der Waals surface area contributed by atoms with Gasteiger partial charge in [0.05, 0.1) is 5.69 Å². The van der Waals surface area contributed by atoms with E-state index in [2.05, 4.69) is 17.0 Å². The second-order valence-electron chi connectivity index (χ2n) is 4.79. The molecule has 1 aromatic carbocycles. The van der Waals surface area contributed by atoms with Crippen LogP contribution in [0.15, 0.2) is 23.2 Å². The number of benzene rings is 1. The maximum absolute atomic E-state index is 11.5. The summed E-state index contributed by atoms with van der Waals surface area (Å²) >= 11 is 0. The van der Waals surface area contributed by atoms with Gasteiger partial charge in [0.2, 0.25) is 0 Å². The minimum atomic E-state index is -0.506. The van der Waals surface area contributed by atoms with Crippen molar-refractivity contribution in [3.05, 3.63) is 23.8 Å². The number of anilines is 1. The molecule has 0 saturated heterocycles. The van der Waals surface area contributed by atoms with Crippen molar-refractivity contribution in [2.45, 2.75) is 33.3 Å². The molecule has 0 fully saturated rings. The summed E-state index contributed by atoms with van der Waals surface area (Å²) in [6, 6.07) is 5.43. The van der Waals surface area contributed by atoms with E-state index < -0.39 is 11.7 Å². The summed E-state index contributed by atoms with van der Waals surface area (Å²) in [5.74, 6) is 0. The molecule has 0 radical (unpaired) electrons. The Kier molecular flexibility index (Phi) is 3.89. The lowest BCUT2D eigenvalue weighted by atomic mass is 10.2. The lowest BCUT2D eigenvalue weighted by Gasteiger charge is -2.19. The smallest absolute Gasteiger partial charge is 0.412 e. The largest absolute Gasteiger partial charge is 0.444 e. The number of carbonyl (C=O) groups is 1. The molecule has 0 saturated carbocycles. The maximum atomic E-state index is 11.5. The molecule has 0 spiro atoms. The molecule has 1 N–H and O–H groups in total. The van der Waals surface area contributed by atoms with E-state index in [9.17, 15) is 4.79 Å². The molecule has 0 aliphatic carbocycles. The molecule has 0 aromatic heterocycles. The highest BCUT2D eigenvalue weighted by molar-refractivity contribution is 5.85. The number of ether oxygens (including phenoxy) is 1. The Morgan fingerprint density at radius 3 is 2.59 bits per heavy atom. The molecule has 1 amide bonds. The first-order valence-electron chi connectivity index (χ1n) is 5.39. The summed E-state index contributed by atoms with van der Waals surface area (Å²) in [6.45, 7) is 10.9. The summed E-state index contributed by atoms with van der Waals surface area (Å²) < 4.78 is 5.15. The Bertz CT molecular complexity index is 434. The van der Waals surface area contributed by atoms with Crippen LogP contribution in [0.25, 0.3) is 0 Å². The Labute approximate surface area is 102 Å². The number of hydrogen-bond acceptors (Lipinski definition) is 3. The van der Waals surface area contributed by atoms with Crippen LogP contribution in [-0.2, 0) is 4.74 Å². The number of amides is 1. The van der Waals surface area contributed by atoms with E-state index in [-0.39, 0.29) is 0 Å². The van der Waals surface area contributed by atoms with Gasteiger partial charge in [-0.15, -0.1) is 0 Å². The van der Waals surface area contributed by atoms with Gasteiger partial charge in [-0.1, -0.05) is 6.07 Å². The average Bonchev–Trinajstić information content (AvgIpc) is 2.18. The van der Waals surface area contributed by atoms with Crippen molar-refractivity contribution in [3.63, 3.8) is 0 Å². The summed E-state index contributed by atoms with van der Waals surface area (Å²) in [4.78, 5) is 15.4. The third-order valence-corrected chi connectivity index (χ3v) is 2.02. The van der Waals surface area contributed by atoms with Gasteiger partial charge in [-0.2, -0.15) is 0 Å². The van der Waals surface area contributed by atoms with E-state index in [4.69, 9.17) is 4.74 Å². The first-order valence-corrected chi connectivity index (χ1v) is 5.39. The van der Waals surface area contributed by atoms with E-state index >= 15 is 0 Å². The molecule has 1 aromatic rings. The monoisotopic (exact) mass is 234 g/mol. The van der Waals surface area contributed by atoms with Crippen molar-refractivity contribution in [2.24, 2.45) is 4.99 Å². The lowest BCUT2D eigenvalue weighted by molar-refractivity contribution is 0.0636. The predicted molar refractivity (Wildman–Crippen MR) is 70.2 cm³/mol. The Balaban J connectivity index is 2.75. The second-order valence-corrected chi connectivity index (χ2v) is 4.79. The zero-order valence-electron chi connectivity index (χ0n) is 10.7. The zero-order chi connectivity index (χ0) is 13.1. The molecule has 17 heavy (non-hydrogen) atoms. The SMILES string of the molecule is C=Nc1cc(NC(=O)OC(C)(C)C)ccc1C. The molecular formula is C13H18N2O2. The molecule has 0 aliphatic heterocycles. The second kappa shape index (κ2) is 4.99. The van der Waals surface area contributed by atoms with Gasteiger partial charge in [0.25, 0.3) is 0 Å². The quantitative estimate of drug-likeness (QED) is 0.794. The standard InChI is InChI=1S/C13H18N2O2/c1-9-6-7-10(8-11(9)14-5)15-12(16)17-13(2,3)4/h6-8H,5H2,1-4H3,(H,15,16). The van der Waals surface area contributed by atoms with Gasteiger partial charge >= 0.3 is 6.09 Å². The van der Waals surface area contributed by atoms with Gasteiger partial charge in [0.15, 0.2) is 0 Å². The Morgan fingerprint density at radius 1 is 1.41 bits per heavy atom. The minimum absolute atomic E-state index is 0.476. The van der Waals surface area contributed by atoms with Crippen molar-refractivity contribution in [1.82, 2.24) is 0 Å². The van der Waals surface area contributed by atoms with Gasteiger partial charge in [-0.25, -0.2) is 4.79 Å². The van der Waals surface area contributed by atoms with Crippen LogP contribution in [0.4, 0.5) is 16.2 Å². The van der Waals surface area contributed by atoms with Crippen LogP contribution in [0.3, 0.4) is 0 Å². The molecule has 0 bridgehead atoms. The molecule has 4 heteroatoms. The van der Waals surface area contributed by atoms with Crippen LogP contribution >= 0.6 is 0 Å². The van der Waals surface area contributed by atoms with E-state index in [1.54, 1.807) is 12.1 Å². The number of nitrogens with zero attached hydrogens (tertiary/aromatic N) is 1. The fourth-order valence-corrected chi connectivity index (χ4v) is 1.28. The van der Waals surface area contributed by atoms with Gasteiger partial charge < -0.3 is 4.74 Å². The maximum Gasteiger partial charge on any atom is 0.412 e. The number of aliphatic imine (C=N–C) groups is 1. The van der Waals surface area contributed by atoms with Crippen molar-refractivity contribution < 1.29 is 9.53 Å². The highest BCUT2D eigenvalue weighted by Gasteiger charge is 2.16. The van der Waals surface area contributed by atoms with Crippen LogP contribution in [-0.4, -0.2) is 18.4 Å². The van der Waals surface area contributed by atoms with Gasteiger partial charge in [-0.05, 0) is 52.1 Å². The fraction of sp³-hybridized carbons (Fsp3) is 0.385. The minimum Gasteiger partial charge on any atom is -0.444 e.